The Morgan fingerprint density at radius 2 is 1.70 bits per heavy atom. The highest BCUT2D eigenvalue weighted by Crippen LogP contribution is 2.28. The number of carbonyl (C=O) groups excluding carboxylic acids is 2. The van der Waals surface area contributed by atoms with Gasteiger partial charge in [0.25, 0.3) is 5.91 Å². The van der Waals surface area contributed by atoms with Crippen molar-refractivity contribution in [2.75, 3.05) is 23.1 Å². The first-order valence-corrected chi connectivity index (χ1v) is 9.12. The number of para-hydroxylation sites is 1. The highest BCUT2D eigenvalue weighted by Gasteiger charge is 2.12. The lowest BCUT2D eigenvalue weighted by molar-refractivity contribution is 0.103. The van der Waals surface area contributed by atoms with Gasteiger partial charge in [-0.05, 0) is 42.5 Å². The SMILES string of the molecule is COc1ccc(NC(=O)c2ccc(NC(=O)Nc3ccccc3)s2)cc1Cl. The number of anilines is 3. The molecule has 2 aromatic carbocycles. The monoisotopic (exact) mass is 401 g/mol. The molecular weight excluding hydrogens is 386 g/mol. The topological polar surface area (TPSA) is 79.5 Å². The summed E-state index contributed by atoms with van der Waals surface area (Å²) in [5.41, 5.74) is 1.23. The number of carbonyl (C=O) groups is 2. The van der Waals surface area contributed by atoms with Crippen LogP contribution in [0.25, 0.3) is 0 Å². The molecule has 0 fully saturated rings. The first-order valence-electron chi connectivity index (χ1n) is 7.93. The average Bonchev–Trinajstić information content (AvgIpc) is 3.11. The molecule has 1 heterocycles. The maximum absolute atomic E-state index is 12.4. The van der Waals surface area contributed by atoms with E-state index in [-0.39, 0.29) is 11.9 Å². The number of halogens is 1. The van der Waals surface area contributed by atoms with Crippen LogP contribution in [0.15, 0.2) is 60.7 Å². The molecule has 0 spiro atoms. The highest BCUT2D eigenvalue weighted by atomic mass is 35.5. The van der Waals surface area contributed by atoms with Crippen LogP contribution in [0, 0.1) is 0 Å². The summed E-state index contributed by atoms with van der Waals surface area (Å²) in [6, 6.07) is 17.0. The van der Waals surface area contributed by atoms with Crippen LogP contribution in [0.2, 0.25) is 5.02 Å². The van der Waals surface area contributed by atoms with Gasteiger partial charge < -0.3 is 15.4 Å². The molecule has 0 saturated heterocycles. The third-order valence-corrected chi connectivity index (χ3v) is 4.80. The van der Waals surface area contributed by atoms with Crippen LogP contribution >= 0.6 is 22.9 Å². The van der Waals surface area contributed by atoms with Gasteiger partial charge in [-0.3, -0.25) is 10.1 Å². The second-order valence-electron chi connectivity index (χ2n) is 5.41. The van der Waals surface area contributed by atoms with Gasteiger partial charge in [0, 0.05) is 11.4 Å². The molecule has 0 aliphatic rings. The number of methoxy groups -OCH3 is 1. The Labute approximate surface area is 165 Å². The molecule has 8 heteroatoms. The normalized spacial score (nSPS) is 10.1. The maximum Gasteiger partial charge on any atom is 0.324 e. The van der Waals surface area contributed by atoms with Crippen molar-refractivity contribution in [2.45, 2.75) is 0 Å². The van der Waals surface area contributed by atoms with Gasteiger partial charge in [-0.15, -0.1) is 11.3 Å². The third kappa shape index (κ3) is 4.99. The number of hydrogen-bond donors (Lipinski definition) is 3. The van der Waals surface area contributed by atoms with Gasteiger partial charge in [0.05, 0.1) is 22.0 Å². The zero-order valence-electron chi connectivity index (χ0n) is 14.3. The first-order chi connectivity index (χ1) is 13.0. The average molecular weight is 402 g/mol. The molecule has 6 nitrogen and oxygen atoms in total. The van der Waals surface area contributed by atoms with Crippen molar-refractivity contribution in [2.24, 2.45) is 0 Å². The minimum absolute atomic E-state index is 0.294. The van der Waals surface area contributed by atoms with Crippen molar-refractivity contribution in [1.82, 2.24) is 0 Å². The lowest BCUT2D eigenvalue weighted by Crippen LogP contribution is -2.18. The number of amides is 3. The van der Waals surface area contributed by atoms with E-state index in [4.69, 9.17) is 16.3 Å². The summed E-state index contributed by atoms with van der Waals surface area (Å²) in [6.07, 6.45) is 0. The van der Waals surface area contributed by atoms with Gasteiger partial charge in [0.2, 0.25) is 0 Å². The minimum atomic E-state index is -0.378. The fourth-order valence-electron chi connectivity index (χ4n) is 2.26. The molecule has 0 aliphatic heterocycles. The van der Waals surface area contributed by atoms with Crippen molar-refractivity contribution < 1.29 is 14.3 Å². The Bertz CT molecular complexity index is 960. The number of nitrogens with one attached hydrogen (secondary N) is 3. The molecule has 27 heavy (non-hydrogen) atoms. The Morgan fingerprint density at radius 1 is 0.926 bits per heavy atom. The molecule has 0 atom stereocenters. The van der Waals surface area contributed by atoms with E-state index in [0.717, 1.165) is 0 Å². The van der Waals surface area contributed by atoms with Gasteiger partial charge in [-0.2, -0.15) is 0 Å². The van der Waals surface area contributed by atoms with Crippen LogP contribution < -0.4 is 20.7 Å². The van der Waals surface area contributed by atoms with E-state index < -0.39 is 0 Å². The molecule has 138 valence electrons. The van der Waals surface area contributed by atoms with Crippen LogP contribution in [0.3, 0.4) is 0 Å². The van der Waals surface area contributed by atoms with E-state index in [1.54, 1.807) is 42.5 Å². The van der Waals surface area contributed by atoms with Gasteiger partial charge in [-0.1, -0.05) is 29.8 Å². The van der Waals surface area contributed by atoms with Crippen LogP contribution in [-0.4, -0.2) is 19.0 Å². The molecule has 0 saturated carbocycles. The molecule has 1 aromatic heterocycles. The summed E-state index contributed by atoms with van der Waals surface area (Å²) in [5, 5.41) is 9.14. The van der Waals surface area contributed by atoms with Crippen molar-refractivity contribution in [3.05, 3.63) is 70.6 Å². The predicted molar refractivity (Wildman–Crippen MR) is 109 cm³/mol. The fraction of sp³-hybridized carbons (Fsp3) is 0.0526. The number of ether oxygens (including phenoxy) is 1. The third-order valence-electron chi connectivity index (χ3n) is 3.51. The van der Waals surface area contributed by atoms with Crippen molar-refractivity contribution in [3.8, 4) is 5.75 Å². The summed E-state index contributed by atoms with van der Waals surface area (Å²) in [6.45, 7) is 0. The number of hydrogen-bond acceptors (Lipinski definition) is 4. The molecule has 3 aromatic rings. The van der Waals surface area contributed by atoms with Gasteiger partial charge in [0.1, 0.15) is 5.75 Å². The van der Waals surface area contributed by atoms with Crippen LogP contribution in [0.1, 0.15) is 9.67 Å². The Kier molecular flexibility index (Phi) is 5.95. The standard InChI is InChI=1S/C19H16ClN3O3S/c1-26-15-8-7-13(11-14(15)20)21-18(24)16-9-10-17(27-16)23-19(25)22-12-5-3-2-4-6-12/h2-11H,1H3,(H,21,24)(H2,22,23,25). The van der Waals surface area contributed by atoms with Crippen LogP contribution in [-0.2, 0) is 0 Å². The van der Waals surface area contributed by atoms with E-state index in [2.05, 4.69) is 16.0 Å². The van der Waals surface area contributed by atoms with Crippen molar-refractivity contribution in [3.63, 3.8) is 0 Å². The highest BCUT2D eigenvalue weighted by molar-refractivity contribution is 7.18. The van der Waals surface area contributed by atoms with Gasteiger partial charge in [-0.25, -0.2) is 4.79 Å². The second kappa shape index (κ2) is 8.57. The molecule has 0 unspecified atom stereocenters. The Hall–Kier alpha value is -3.03. The van der Waals surface area contributed by atoms with Crippen LogP contribution in [0.4, 0.5) is 21.2 Å². The van der Waals surface area contributed by atoms with E-state index in [9.17, 15) is 9.59 Å². The quantitative estimate of drug-likeness (QED) is 0.542. The van der Waals surface area contributed by atoms with E-state index in [1.807, 2.05) is 18.2 Å². The summed E-state index contributed by atoms with van der Waals surface area (Å²) >= 11 is 7.23. The minimum Gasteiger partial charge on any atom is -0.495 e. The number of thiophene rings is 1. The predicted octanol–water partition coefficient (Wildman–Crippen LogP) is 5.31. The van der Waals surface area contributed by atoms with Gasteiger partial charge in [0.15, 0.2) is 0 Å². The lowest BCUT2D eigenvalue weighted by Gasteiger charge is -2.07. The Morgan fingerprint density at radius 3 is 2.41 bits per heavy atom. The maximum atomic E-state index is 12.4. The molecule has 3 amide bonds. The Balaban J connectivity index is 1.60. The number of urea groups is 1. The molecule has 0 radical (unpaired) electrons. The lowest BCUT2D eigenvalue weighted by atomic mass is 10.3. The first kappa shape index (κ1) is 18.8. The smallest absolute Gasteiger partial charge is 0.324 e. The summed E-state index contributed by atoms with van der Waals surface area (Å²) < 4.78 is 5.08. The molecule has 3 rings (SSSR count). The van der Waals surface area contributed by atoms with Gasteiger partial charge >= 0.3 is 6.03 Å². The molecule has 3 N–H and O–H groups in total. The van der Waals surface area contributed by atoms with E-state index in [1.165, 1.54) is 18.4 Å². The fourth-order valence-corrected chi connectivity index (χ4v) is 3.31. The number of benzene rings is 2. The molecule has 0 bridgehead atoms. The molecule has 0 aliphatic carbocycles. The molecular formula is C19H16ClN3O3S. The largest absolute Gasteiger partial charge is 0.495 e. The summed E-state index contributed by atoms with van der Waals surface area (Å²) in [5.74, 6) is 0.236. The zero-order valence-corrected chi connectivity index (χ0v) is 15.9. The second-order valence-corrected chi connectivity index (χ2v) is 6.90. The summed E-state index contributed by atoms with van der Waals surface area (Å²) in [7, 11) is 1.52. The zero-order chi connectivity index (χ0) is 19.2. The van der Waals surface area contributed by atoms with E-state index in [0.29, 0.717) is 32.0 Å². The van der Waals surface area contributed by atoms with E-state index >= 15 is 0 Å². The van der Waals surface area contributed by atoms with Crippen LogP contribution in [0.5, 0.6) is 5.75 Å². The number of rotatable bonds is 5. The van der Waals surface area contributed by atoms with Crippen molar-refractivity contribution >= 4 is 51.3 Å². The van der Waals surface area contributed by atoms with Crippen molar-refractivity contribution in [1.29, 1.82) is 0 Å². The summed E-state index contributed by atoms with van der Waals surface area (Å²) in [4.78, 5) is 24.8.